The molecule has 0 heterocycles. The molecule has 1 rings (SSSR count). The molecule has 0 unspecified atom stereocenters. The normalized spacial score (nSPS) is 10.4. The van der Waals surface area contributed by atoms with Crippen molar-refractivity contribution in [2.45, 2.75) is 33.6 Å². The van der Waals surface area contributed by atoms with Crippen LogP contribution in [0.25, 0.3) is 0 Å². The van der Waals surface area contributed by atoms with Gasteiger partial charge in [0.2, 0.25) is 5.91 Å². The van der Waals surface area contributed by atoms with E-state index in [0.717, 1.165) is 12.1 Å². The van der Waals surface area contributed by atoms with E-state index in [2.05, 4.69) is 19.2 Å². The summed E-state index contributed by atoms with van der Waals surface area (Å²) in [5.41, 5.74) is 1.99. The quantitative estimate of drug-likeness (QED) is 0.795. The van der Waals surface area contributed by atoms with Gasteiger partial charge in [0.05, 0.1) is 6.42 Å². The molecule has 0 aliphatic carbocycles. The van der Waals surface area contributed by atoms with E-state index < -0.39 is 0 Å². The molecule has 0 atom stereocenters. The average molecular weight is 233 g/mol. The van der Waals surface area contributed by atoms with E-state index >= 15 is 0 Å². The van der Waals surface area contributed by atoms with E-state index in [1.807, 2.05) is 24.3 Å². The van der Waals surface area contributed by atoms with Crippen molar-refractivity contribution in [1.29, 1.82) is 0 Å². The van der Waals surface area contributed by atoms with Crippen molar-refractivity contribution in [2.24, 2.45) is 5.92 Å². The third-order valence-electron chi connectivity index (χ3n) is 2.29. The Bertz CT molecular complexity index is 393. The van der Waals surface area contributed by atoms with E-state index in [0.29, 0.717) is 5.92 Å². The number of benzene rings is 1. The van der Waals surface area contributed by atoms with Crippen LogP contribution >= 0.6 is 0 Å². The predicted octanol–water partition coefficient (Wildman–Crippen LogP) is 2.80. The second-order valence-electron chi connectivity index (χ2n) is 4.72. The minimum Gasteiger partial charge on any atom is -0.326 e. The Hall–Kier alpha value is -1.64. The fourth-order valence-corrected chi connectivity index (χ4v) is 1.63. The van der Waals surface area contributed by atoms with E-state index in [-0.39, 0.29) is 18.1 Å². The van der Waals surface area contributed by atoms with Crippen LogP contribution in [-0.2, 0) is 16.0 Å². The van der Waals surface area contributed by atoms with E-state index in [1.54, 1.807) is 0 Å². The Morgan fingerprint density at radius 3 is 2.24 bits per heavy atom. The summed E-state index contributed by atoms with van der Waals surface area (Å²) in [5.74, 6) is 0.237. The summed E-state index contributed by atoms with van der Waals surface area (Å²) >= 11 is 0. The Labute approximate surface area is 102 Å². The van der Waals surface area contributed by atoms with Crippen LogP contribution in [0.1, 0.15) is 32.8 Å². The number of amides is 1. The van der Waals surface area contributed by atoms with Gasteiger partial charge < -0.3 is 5.32 Å². The zero-order valence-electron chi connectivity index (χ0n) is 10.6. The van der Waals surface area contributed by atoms with Crippen molar-refractivity contribution in [3.63, 3.8) is 0 Å². The number of hydrogen-bond acceptors (Lipinski definition) is 2. The predicted molar refractivity (Wildman–Crippen MR) is 68.9 cm³/mol. The lowest BCUT2D eigenvalue weighted by molar-refractivity contribution is -0.124. The first kappa shape index (κ1) is 13.4. The van der Waals surface area contributed by atoms with Crippen LogP contribution in [-0.4, -0.2) is 11.7 Å². The molecule has 92 valence electrons. The van der Waals surface area contributed by atoms with Gasteiger partial charge in [-0.15, -0.1) is 0 Å². The van der Waals surface area contributed by atoms with E-state index in [9.17, 15) is 9.59 Å². The lowest BCUT2D eigenvalue weighted by atomic mass is 10.0. The Balaban J connectivity index is 2.56. The van der Waals surface area contributed by atoms with Crippen LogP contribution in [0.4, 0.5) is 5.69 Å². The van der Waals surface area contributed by atoms with Crippen LogP contribution in [0.2, 0.25) is 0 Å². The second-order valence-corrected chi connectivity index (χ2v) is 4.72. The van der Waals surface area contributed by atoms with Crippen LogP contribution in [0.15, 0.2) is 24.3 Å². The maximum absolute atomic E-state index is 11.4. The fraction of sp³-hybridized carbons (Fsp3) is 0.429. The Morgan fingerprint density at radius 2 is 1.76 bits per heavy atom. The molecule has 0 radical (unpaired) electrons. The first-order chi connectivity index (χ1) is 7.97. The number of rotatable bonds is 5. The molecule has 3 heteroatoms. The van der Waals surface area contributed by atoms with Crippen molar-refractivity contribution in [3.05, 3.63) is 29.8 Å². The highest BCUT2D eigenvalue weighted by Gasteiger charge is 2.05. The zero-order valence-corrected chi connectivity index (χ0v) is 10.6. The number of Topliss-reactive ketones (excluding diaryl/α,β-unsaturated/α-hetero) is 1. The van der Waals surface area contributed by atoms with Crippen molar-refractivity contribution in [2.75, 3.05) is 5.32 Å². The average Bonchev–Trinajstić information content (AvgIpc) is 2.18. The Morgan fingerprint density at radius 1 is 1.18 bits per heavy atom. The van der Waals surface area contributed by atoms with Gasteiger partial charge in [-0.1, -0.05) is 26.0 Å². The Kier molecular flexibility index (Phi) is 4.88. The molecule has 0 aliphatic heterocycles. The highest BCUT2D eigenvalue weighted by molar-refractivity contribution is 6.03. The molecule has 0 saturated carbocycles. The number of hydrogen-bond donors (Lipinski definition) is 1. The summed E-state index contributed by atoms with van der Waals surface area (Å²) < 4.78 is 0. The number of carbonyl (C=O) groups is 2. The molecule has 0 bridgehead atoms. The first-order valence-electron chi connectivity index (χ1n) is 5.85. The lowest BCUT2D eigenvalue weighted by Crippen LogP contribution is -2.14. The SMILES string of the molecule is CC(=O)CC(=O)Nc1ccc(CC(C)C)cc1. The van der Waals surface area contributed by atoms with E-state index in [4.69, 9.17) is 0 Å². The first-order valence-corrected chi connectivity index (χ1v) is 5.85. The third-order valence-corrected chi connectivity index (χ3v) is 2.29. The van der Waals surface area contributed by atoms with Crippen molar-refractivity contribution in [1.82, 2.24) is 0 Å². The summed E-state index contributed by atoms with van der Waals surface area (Å²) in [6.45, 7) is 5.75. The molecule has 0 aromatic heterocycles. The van der Waals surface area contributed by atoms with Crippen molar-refractivity contribution in [3.8, 4) is 0 Å². The molecular formula is C14H19NO2. The second kappa shape index (κ2) is 6.18. The summed E-state index contributed by atoms with van der Waals surface area (Å²) in [4.78, 5) is 22.1. The molecule has 1 aromatic rings. The van der Waals surface area contributed by atoms with Crippen LogP contribution in [0.3, 0.4) is 0 Å². The van der Waals surface area contributed by atoms with Gasteiger partial charge in [0.15, 0.2) is 0 Å². The molecule has 1 N–H and O–H groups in total. The standard InChI is InChI=1S/C14H19NO2/c1-10(2)8-12-4-6-13(7-5-12)15-14(17)9-11(3)16/h4-7,10H,8-9H2,1-3H3,(H,15,17). The van der Waals surface area contributed by atoms with Gasteiger partial charge in [-0.2, -0.15) is 0 Å². The van der Waals surface area contributed by atoms with Crippen molar-refractivity contribution >= 4 is 17.4 Å². The van der Waals surface area contributed by atoms with E-state index in [1.165, 1.54) is 12.5 Å². The number of anilines is 1. The largest absolute Gasteiger partial charge is 0.326 e. The topological polar surface area (TPSA) is 46.2 Å². The zero-order chi connectivity index (χ0) is 12.8. The molecule has 0 spiro atoms. The minimum absolute atomic E-state index is 0.0618. The van der Waals surface area contributed by atoms with Gasteiger partial charge in [-0.3, -0.25) is 9.59 Å². The number of ketones is 1. The summed E-state index contributed by atoms with van der Waals surface area (Å²) in [7, 11) is 0. The monoisotopic (exact) mass is 233 g/mol. The molecule has 17 heavy (non-hydrogen) atoms. The van der Waals surface area contributed by atoms with Gasteiger partial charge in [-0.25, -0.2) is 0 Å². The van der Waals surface area contributed by atoms with Crippen LogP contribution in [0, 0.1) is 5.92 Å². The summed E-state index contributed by atoms with van der Waals surface area (Å²) in [5, 5.41) is 2.69. The molecule has 1 aromatic carbocycles. The van der Waals surface area contributed by atoms with Gasteiger partial charge in [0.1, 0.15) is 5.78 Å². The highest BCUT2D eigenvalue weighted by atomic mass is 16.2. The third kappa shape index (κ3) is 5.29. The lowest BCUT2D eigenvalue weighted by Gasteiger charge is -2.07. The van der Waals surface area contributed by atoms with Gasteiger partial charge in [-0.05, 0) is 37.0 Å². The van der Waals surface area contributed by atoms with Gasteiger partial charge >= 0.3 is 0 Å². The molecule has 0 fully saturated rings. The van der Waals surface area contributed by atoms with Crippen LogP contribution < -0.4 is 5.32 Å². The van der Waals surface area contributed by atoms with Gasteiger partial charge in [0.25, 0.3) is 0 Å². The molecule has 1 amide bonds. The minimum atomic E-state index is -0.255. The molecule has 0 saturated heterocycles. The molecule has 3 nitrogen and oxygen atoms in total. The summed E-state index contributed by atoms with van der Waals surface area (Å²) in [6.07, 6.45) is 0.968. The smallest absolute Gasteiger partial charge is 0.231 e. The van der Waals surface area contributed by atoms with Gasteiger partial charge in [0, 0.05) is 5.69 Å². The summed E-state index contributed by atoms with van der Waals surface area (Å²) in [6, 6.07) is 7.75. The number of nitrogens with one attached hydrogen (secondary N) is 1. The number of carbonyl (C=O) groups excluding carboxylic acids is 2. The highest BCUT2D eigenvalue weighted by Crippen LogP contribution is 2.13. The molecule has 0 aliphatic rings. The maximum atomic E-state index is 11.4. The molecular weight excluding hydrogens is 214 g/mol. The maximum Gasteiger partial charge on any atom is 0.231 e. The van der Waals surface area contributed by atoms with Crippen LogP contribution in [0.5, 0.6) is 0 Å². The van der Waals surface area contributed by atoms with Crippen molar-refractivity contribution < 1.29 is 9.59 Å². The fourth-order valence-electron chi connectivity index (χ4n) is 1.63.